The predicted molar refractivity (Wildman–Crippen MR) is 144 cm³/mol. The normalized spacial score (nSPS) is 14.2. The van der Waals surface area contributed by atoms with Crippen molar-refractivity contribution >= 4 is 17.7 Å². The van der Waals surface area contributed by atoms with Gasteiger partial charge >= 0.3 is 0 Å². The van der Waals surface area contributed by atoms with Crippen LogP contribution in [0.5, 0.6) is 28.7 Å². The highest BCUT2D eigenvalue weighted by Crippen LogP contribution is 2.38. The van der Waals surface area contributed by atoms with Crippen LogP contribution < -0.4 is 34.3 Å². The molecule has 1 aliphatic heterocycles. The Morgan fingerprint density at radius 3 is 2.00 bits per heavy atom. The van der Waals surface area contributed by atoms with E-state index in [1.165, 1.54) is 28.3 Å². The van der Waals surface area contributed by atoms with E-state index >= 15 is 0 Å². The van der Waals surface area contributed by atoms with E-state index in [9.17, 15) is 14.4 Å². The molecule has 1 fully saturated rings. The van der Waals surface area contributed by atoms with Gasteiger partial charge in [0.25, 0.3) is 5.91 Å². The highest BCUT2D eigenvalue weighted by molar-refractivity contribution is 5.95. The number of carbonyl (C=O) groups is 3. The van der Waals surface area contributed by atoms with Crippen LogP contribution >= 0.6 is 0 Å². The number of nitrogens with one attached hydrogen (secondary N) is 2. The lowest BCUT2D eigenvalue weighted by Crippen LogP contribution is -2.53. The first-order chi connectivity index (χ1) is 18.7. The van der Waals surface area contributed by atoms with E-state index in [2.05, 4.69) is 10.6 Å². The summed E-state index contributed by atoms with van der Waals surface area (Å²) in [5.74, 6) is 1.64. The van der Waals surface area contributed by atoms with Gasteiger partial charge in [0.2, 0.25) is 17.6 Å². The van der Waals surface area contributed by atoms with Gasteiger partial charge in [-0.05, 0) is 36.6 Å². The summed E-state index contributed by atoms with van der Waals surface area (Å²) < 4.78 is 26.8. The van der Waals surface area contributed by atoms with Crippen molar-refractivity contribution in [1.29, 1.82) is 0 Å². The quantitative estimate of drug-likeness (QED) is 0.442. The van der Waals surface area contributed by atoms with Gasteiger partial charge in [0.15, 0.2) is 11.5 Å². The fraction of sp³-hybridized carbons (Fsp3) is 0.464. The van der Waals surface area contributed by atoms with Gasteiger partial charge in [-0.3, -0.25) is 14.4 Å². The van der Waals surface area contributed by atoms with Gasteiger partial charge in [-0.2, -0.15) is 0 Å². The molecule has 0 radical (unpaired) electrons. The summed E-state index contributed by atoms with van der Waals surface area (Å²) in [6.45, 7) is 2.29. The third kappa shape index (κ3) is 7.24. The molecule has 1 heterocycles. The molecule has 0 aromatic heterocycles. The number of nitrogens with zero attached hydrogens (tertiary/aromatic N) is 1. The summed E-state index contributed by atoms with van der Waals surface area (Å²) in [5.41, 5.74) is 1.18. The zero-order valence-electron chi connectivity index (χ0n) is 23.3. The van der Waals surface area contributed by atoms with Gasteiger partial charge in [-0.25, -0.2) is 0 Å². The van der Waals surface area contributed by atoms with Crippen molar-refractivity contribution in [3.8, 4) is 28.7 Å². The van der Waals surface area contributed by atoms with Crippen molar-refractivity contribution in [2.75, 3.05) is 48.6 Å². The molecule has 0 saturated carbocycles. The number of hydrogen-bond donors (Lipinski definition) is 2. The van der Waals surface area contributed by atoms with Crippen molar-refractivity contribution in [2.45, 2.75) is 38.3 Å². The van der Waals surface area contributed by atoms with Crippen LogP contribution in [0.15, 0.2) is 30.3 Å². The maximum Gasteiger partial charge on any atom is 0.254 e. The number of piperidine rings is 1. The molecule has 2 aromatic carbocycles. The van der Waals surface area contributed by atoms with Gasteiger partial charge < -0.3 is 39.2 Å². The van der Waals surface area contributed by atoms with Gasteiger partial charge in [-0.1, -0.05) is 6.07 Å². The predicted octanol–water partition coefficient (Wildman–Crippen LogP) is 2.20. The van der Waals surface area contributed by atoms with E-state index in [4.69, 9.17) is 23.7 Å². The first-order valence-corrected chi connectivity index (χ1v) is 12.6. The van der Waals surface area contributed by atoms with E-state index in [0.717, 1.165) is 5.56 Å². The second-order valence-corrected chi connectivity index (χ2v) is 9.12. The van der Waals surface area contributed by atoms with Crippen LogP contribution in [-0.4, -0.2) is 83.3 Å². The van der Waals surface area contributed by atoms with Crippen LogP contribution in [-0.2, 0) is 16.0 Å². The standard InChI is InChI=1S/C28H37N3O8/c1-17(32)29-22(13-18-7-8-21(35-2)16-23(18)36-3)27(33)30-20-9-11-31(12-10-20)28(34)19-14-24(37-4)26(39-6)25(15-19)38-5/h7-8,14-16,20,22H,9-13H2,1-6H3,(H,29,32)(H,30,33)/t22-/m1/s1. The molecular formula is C28H37N3O8. The summed E-state index contributed by atoms with van der Waals surface area (Å²) >= 11 is 0. The Morgan fingerprint density at radius 1 is 0.872 bits per heavy atom. The lowest BCUT2D eigenvalue weighted by Gasteiger charge is -2.33. The summed E-state index contributed by atoms with van der Waals surface area (Å²) in [6, 6.07) is 7.65. The monoisotopic (exact) mass is 543 g/mol. The van der Waals surface area contributed by atoms with Crippen LogP contribution in [0.3, 0.4) is 0 Å². The second-order valence-electron chi connectivity index (χ2n) is 9.12. The molecule has 1 atom stereocenters. The Morgan fingerprint density at radius 2 is 1.49 bits per heavy atom. The highest BCUT2D eigenvalue weighted by Gasteiger charge is 2.29. The number of benzene rings is 2. The van der Waals surface area contributed by atoms with Crippen molar-refractivity contribution in [1.82, 2.24) is 15.5 Å². The maximum absolute atomic E-state index is 13.2. The van der Waals surface area contributed by atoms with Gasteiger partial charge in [0.05, 0.1) is 35.5 Å². The average Bonchev–Trinajstić information content (AvgIpc) is 2.95. The van der Waals surface area contributed by atoms with E-state index in [1.54, 1.807) is 43.4 Å². The number of hydrogen-bond acceptors (Lipinski definition) is 8. The summed E-state index contributed by atoms with van der Waals surface area (Å²) in [7, 11) is 7.60. The zero-order chi connectivity index (χ0) is 28.5. The van der Waals surface area contributed by atoms with E-state index < -0.39 is 6.04 Å². The first kappa shape index (κ1) is 29.4. The molecule has 0 bridgehead atoms. The molecule has 39 heavy (non-hydrogen) atoms. The third-order valence-electron chi connectivity index (χ3n) is 6.65. The SMILES string of the molecule is COc1ccc(C[C@@H](NC(C)=O)C(=O)NC2CCN(C(=O)c3cc(OC)c(OC)c(OC)c3)CC2)c(OC)c1. The van der Waals surface area contributed by atoms with Crippen molar-refractivity contribution in [2.24, 2.45) is 0 Å². The minimum absolute atomic E-state index is 0.143. The molecule has 3 amide bonds. The van der Waals surface area contributed by atoms with E-state index in [-0.39, 0.29) is 30.2 Å². The number of carbonyl (C=O) groups excluding carboxylic acids is 3. The third-order valence-corrected chi connectivity index (χ3v) is 6.65. The van der Waals surface area contributed by atoms with Gasteiger partial charge in [0, 0.05) is 44.1 Å². The number of ether oxygens (including phenoxy) is 5. The molecule has 2 aromatic rings. The minimum atomic E-state index is -0.788. The molecular weight excluding hydrogens is 506 g/mol. The van der Waals surface area contributed by atoms with Crippen LogP contribution in [0, 0.1) is 0 Å². The molecule has 11 heteroatoms. The lowest BCUT2D eigenvalue weighted by atomic mass is 10.0. The molecule has 2 N–H and O–H groups in total. The number of amides is 3. The smallest absolute Gasteiger partial charge is 0.254 e. The Hall–Kier alpha value is -4.15. The van der Waals surface area contributed by atoms with Crippen LogP contribution in [0.4, 0.5) is 0 Å². The Labute approximate surface area is 228 Å². The van der Waals surface area contributed by atoms with Gasteiger partial charge in [-0.15, -0.1) is 0 Å². The Kier molecular flexibility index (Phi) is 10.2. The van der Waals surface area contributed by atoms with Crippen molar-refractivity contribution in [3.63, 3.8) is 0 Å². The van der Waals surface area contributed by atoms with E-state index in [1.807, 2.05) is 6.07 Å². The second kappa shape index (κ2) is 13.6. The molecule has 11 nitrogen and oxygen atoms in total. The van der Waals surface area contributed by atoms with E-state index in [0.29, 0.717) is 60.2 Å². The minimum Gasteiger partial charge on any atom is -0.497 e. The Balaban J connectivity index is 1.65. The number of rotatable bonds is 11. The van der Waals surface area contributed by atoms with Gasteiger partial charge in [0.1, 0.15) is 17.5 Å². The Bertz CT molecular complexity index is 1150. The summed E-state index contributed by atoms with van der Waals surface area (Å²) in [4.78, 5) is 40.0. The lowest BCUT2D eigenvalue weighted by molar-refractivity contribution is -0.128. The van der Waals surface area contributed by atoms with Crippen molar-refractivity contribution < 1.29 is 38.1 Å². The molecule has 0 aliphatic carbocycles. The molecule has 0 spiro atoms. The molecule has 1 aliphatic rings. The highest BCUT2D eigenvalue weighted by atomic mass is 16.5. The number of likely N-dealkylation sites (tertiary alicyclic amines) is 1. The fourth-order valence-electron chi connectivity index (χ4n) is 4.61. The fourth-order valence-corrected chi connectivity index (χ4v) is 4.61. The molecule has 0 unspecified atom stereocenters. The summed E-state index contributed by atoms with van der Waals surface area (Å²) in [6.07, 6.45) is 1.39. The largest absolute Gasteiger partial charge is 0.497 e. The van der Waals surface area contributed by atoms with Crippen molar-refractivity contribution in [3.05, 3.63) is 41.5 Å². The molecule has 1 saturated heterocycles. The molecule has 3 rings (SSSR count). The average molecular weight is 544 g/mol. The first-order valence-electron chi connectivity index (χ1n) is 12.6. The molecule has 212 valence electrons. The van der Waals surface area contributed by atoms with Crippen LogP contribution in [0.25, 0.3) is 0 Å². The van der Waals surface area contributed by atoms with Crippen LogP contribution in [0.2, 0.25) is 0 Å². The number of methoxy groups -OCH3 is 5. The summed E-state index contributed by atoms with van der Waals surface area (Å²) in [5, 5.41) is 5.78. The topological polar surface area (TPSA) is 125 Å². The maximum atomic E-state index is 13.2. The zero-order valence-corrected chi connectivity index (χ0v) is 23.3. The van der Waals surface area contributed by atoms with Crippen LogP contribution in [0.1, 0.15) is 35.7 Å².